The third-order valence-electron chi connectivity index (χ3n) is 4.54. The first-order valence-electron chi connectivity index (χ1n) is 8.17. The van der Waals surface area contributed by atoms with Crippen molar-refractivity contribution in [3.05, 3.63) is 47.8 Å². The van der Waals surface area contributed by atoms with Gasteiger partial charge in [-0.05, 0) is 36.6 Å². The van der Waals surface area contributed by atoms with Crippen molar-refractivity contribution >= 4 is 32.5 Å². The maximum Gasteiger partial charge on any atom is 0.255 e. The molecule has 3 aromatic rings. The quantitative estimate of drug-likeness (QED) is 0.629. The number of fused-ring (bicyclic) bond motifs is 2. The third-order valence-corrected chi connectivity index (χ3v) is 6.39. The zero-order chi connectivity index (χ0) is 18.3. The minimum absolute atomic E-state index is 0.0404. The second-order valence-electron chi connectivity index (χ2n) is 6.27. The van der Waals surface area contributed by atoms with E-state index in [-0.39, 0.29) is 22.3 Å². The van der Waals surface area contributed by atoms with Crippen LogP contribution in [0.15, 0.2) is 41.6 Å². The standard InChI is InChI=1S/C17H17N5O3S/c18-13-2-1-7-26(24,25)15-8-10(3-4-11(13)15)17(23)21-14-5-6-19-16-12(14)9-20-22-16/h3-6,8-9,13H,1-2,7,18H2,(H2,19,20,21,22,23)/t13-/m0/s1. The maximum absolute atomic E-state index is 12.7. The molecule has 1 amide bonds. The van der Waals surface area contributed by atoms with Crippen LogP contribution >= 0.6 is 0 Å². The Morgan fingerprint density at radius 1 is 1.31 bits per heavy atom. The molecule has 2 aromatic heterocycles. The number of nitrogens with zero attached hydrogens (tertiary/aromatic N) is 2. The number of benzene rings is 1. The first-order chi connectivity index (χ1) is 12.5. The normalized spacial score (nSPS) is 18.9. The lowest BCUT2D eigenvalue weighted by Gasteiger charge is -2.13. The molecule has 1 aromatic carbocycles. The Morgan fingerprint density at radius 2 is 2.15 bits per heavy atom. The fourth-order valence-corrected chi connectivity index (χ4v) is 4.82. The molecule has 0 spiro atoms. The second-order valence-corrected chi connectivity index (χ2v) is 8.34. The van der Waals surface area contributed by atoms with Gasteiger partial charge in [-0.3, -0.25) is 9.89 Å². The molecule has 0 bridgehead atoms. The molecule has 0 saturated carbocycles. The molecule has 26 heavy (non-hydrogen) atoms. The lowest BCUT2D eigenvalue weighted by atomic mass is 10.0. The van der Waals surface area contributed by atoms with Gasteiger partial charge in [0.15, 0.2) is 15.5 Å². The van der Waals surface area contributed by atoms with Crippen molar-refractivity contribution < 1.29 is 13.2 Å². The van der Waals surface area contributed by atoms with E-state index in [4.69, 9.17) is 5.73 Å². The van der Waals surface area contributed by atoms with Gasteiger partial charge in [0, 0.05) is 17.8 Å². The van der Waals surface area contributed by atoms with E-state index < -0.39 is 15.7 Å². The Labute approximate surface area is 149 Å². The van der Waals surface area contributed by atoms with E-state index in [9.17, 15) is 13.2 Å². The zero-order valence-corrected chi connectivity index (χ0v) is 14.6. The fourth-order valence-electron chi connectivity index (χ4n) is 3.16. The highest BCUT2D eigenvalue weighted by Crippen LogP contribution is 2.31. The van der Waals surface area contributed by atoms with Crippen molar-refractivity contribution in [2.75, 3.05) is 11.1 Å². The van der Waals surface area contributed by atoms with Gasteiger partial charge in [0.2, 0.25) is 0 Å². The van der Waals surface area contributed by atoms with Gasteiger partial charge in [0.05, 0.1) is 27.9 Å². The smallest absolute Gasteiger partial charge is 0.255 e. The first-order valence-corrected chi connectivity index (χ1v) is 9.83. The van der Waals surface area contributed by atoms with Crippen molar-refractivity contribution in [2.24, 2.45) is 5.73 Å². The number of hydrogen-bond donors (Lipinski definition) is 3. The number of anilines is 1. The number of H-pyrrole nitrogens is 1. The molecule has 0 fully saturated rings. The van der Waals surface area contributed by atoms with E-state index in [2.05, 4.69) is 20.5 Å². The van der Waals surface area contributed by atoms with E-state index in [0.29, 0.717) is 35.1 Å². The van der Waals surface area contributed by atoms with Crippen LogP contribution in [0.1, 0.15) is 34.8 Å². The molecule has 1 aliphatic heterocycles. The van der Waals surface area contributed by atoms with Gasteiger partial charge in [-0.1, -0.05) is 6.07 Å². The monoisotopic (exact) mass is 371 g/mol. The van der Waals surface area contributed by atoms with Crippen LogP contribution < -0.4 is 11.1 Å². The molecule has 8 nitrogen and oxygen atoms in total. The molecule has 1 atom stereocenters. The highest BCUT2D eigenvalue weighted by Gasteiger charge is 2.27. The summed E-state index contributed by atoms with van der Waals surface area (Å²) in [6, 6.07) is 5.97. The summed E-state index contributed by atoms with van der Waals surface area (Å²) in [6.07, 6.45) is 4.23. The molecule has 4 rings (SSSR count). The van der Waals surface area contributed by atoms with Gasteiger partial charge >= 0.3 is 0 Å². The van der Waals surface area contributed by atoms with Crippen LogP contribution in [-0.2, 0) is 9.84 Å². The average molecular weight is 371 g/mol. The Hall–Kier alpha value is -2.78. The van der Waals surface area contributed by atoms with Crippen LogP contribution in [0.4, 0.5) is 5.69 Å². The first kappa shape index (κ1) is 16.7. The van der Waals surface area contributed by atoms with Gasteiger partial charge in [-0.25, -0.2) is 13.4 Å². The van der Waals surface area contributed by atoms with Crippen LogP contribution in [0.2, 0.25) is 0 Å². The number of hydrogen-bond acceptors (Lipinski definition) is 6. The summed E-state index contributed by atoms with van der Waals surface area (Å²) in [6.45, 7) is 0. The van der Waals surface area contributed by atoms with Crippen LogP contribution in [0.3, 0.4) is 0 Å². The van der Waals surface area contributed by atoms with Gasteiger partial charge < -0.3 is 11.1 Å². The highest BCUT2D eigenvalue weighted by molar-refractivity contribution is 7.91. The molecule has 134 valence electrons. The number of nitrogens with two attached hydrogens (primary N) is 1. The Kier molecular flexibility index (Phi) is 3.97. The van der Waals surface area contributed by atoms with Crippen molar-refractivity contribution in [1.29, 1.82) is 0 Å². The molecule has 3 heterocycles. The van der Waals surface area contributed by atoms with Crippen molar-refractivity contribution in [1.82, 2.24) is 15.2 Å². The molecule has 0 unspecified atom stereocenters. The van der Waals surface area contributed by atoms with Crippen LogP contribution in [0.5, 0.6) is 0 Å². The van der Waals surface area contributed by atoms with Crippen LogP contribution in [-0.4, -0.2) is 35.3 Å². The van der Waals surface area contributed by atoms with Gasteiger partial charge in [0.25, 0.3) is 5.91 Å². The number of rotatable bonds is 2. The zero-order valence-electron chi connectivity index (χ0n) is 13.8. The van der Waals surface area contributed by atoms with Gasteiger partial charge in [0.1, 0.15) is 0 Å². The molecular weight excluding hydrogens is 354 g/mol. The summed E-state index contributed by atoms with van der Waals surface area (Å²) < 4.78 is 25.0. The van der Waals surface area contributed by atoms with Crippen molar-refractivity contribution in [3.8, 4) is 0 Å². The topological polar surface area (TPSA) is 131 Å². The third kappa shape index (κ3) is 2.85. The average Bonchev–Trinajstić information content (AvgIpc) is 3.06. The number of pyridine rings is 1. The fraction of sp³-hybridized carbons (Fsp3) is 0.235. The Balaban J connectivity index is 1.71. The lowest BCUT2D eigenvalue weighted by Crippen LogP contribution is -2.16. The lowest BCUT2D eigenvalue weighted by molar-refractivity contribution is 0.102. The summed E-state index contributed by atoms with van der Waals surface area (Å²) in [5.74, 6) is -0.367. The number of nitrogens with one attached hydrogen (secondary N) is 2. The van der Waals surface area contributed by atoms with Crippen LogP contribution in [0, 0.1) is 0 Å². The number of sulfone groups is 1. The molecule has 9 heteroatoms. The van der Waals surface area contributed by atoms with E-state index in [1.54, 1.807) is 30.6 Å². The minimum atomic E-state index is -3.45. The van der Waals surface area contributed by atoms with Crippen LogP contribution in [0.25, 0.3) is 11.0 Å². The number of aromatic nitrogens is 3. The molecule has 0 saturated heterocycles. The Bertz CT molecular complexity index is 1110. The molecular formula is C17H17N5O3S. The summed E-state index contributed by atoms with van der Waals surface area (Å²) >= 11 is 0. The number of amides is 1. The predicted octanol–water partition coefficient (Wildman–Crippen LogP) is 1.78. The minimum Gasteiger partial charge on any atom is -0.324 e. The Morgan fingerprint density at radius 3 is 3.00 bits per heavy atom. The summed E-state index contributed by atoms with van der Waals surface area (Å²) in [5.41, 5.74) is 8.01. The maximum atomic E-state index is 12.7. The van der Waals surface area contributed by atoms with E-state index >= 15 is 0 Å². The summed E-state index contributed by atoms with van der Waals surface area (Å²) in [4.78, 5) is 16.9. The van der Waals surface area contributed by atoms with E-state index in [1.165, 1.54) is 6.07 Å². The summed E-state index contributed by atoms with van der Waals surface area (Å²) in [5, 5.41) is 10.1. The second kappa shape index (κ2) is 6.19. The number of carbonyl (C=O) groups is 1. The predicted molar refractivity (Wildman–Crippen MR) is 96.5 cm³/mol. The van der Waals surface area contributed by atoms with E-state index in [0.717, 1.165) is 0 Å². The SMILES string of the molecule is N[C@H]1CCCS(=O)(=O)c2cc(C(=O)Nc3ccnc4[nH]ncc34)ccc21. The molecule has 0 aliphatic carbocycles. The van der Waals surface area contributed by atoms with Gasteiger partial charge in [-0.15, -0.1) is 0 Å². The highest BCUT2D eigenvalue weighted by atomic mass is 32.2. The molecule has 0 radical (unpaired) electrons. The number of aromatic amines is 1. The molecule has 4 N–H and O–H groups in total. The largest absolute Gasteiger partial charge is 0.324 e. The van der Waals surface area contributed by atoms with E-state index in [1.807, 2.05) is 0 Å². The van der Waals surface area contributed by atoms with Crippen molar-refractivity contribution in [2.45, 2.75) is 23.8 Å². The number of carbonyl (C=O) groups excluding carboxylic acids is 1. The van der Waals surface area contributed by atoms with Crippen molar-refractivity contribution in [3.63, 3.8) is 0 Å². The molecule has 1 aliphatic rings. The summed E-state index contributed by atoms with van der Waals surface area (Å²) in [7, 11) is -3.45. The van der Waals surface area contributed by atoms with Gasteiger partial charge in [-0.2, -0.15) is 5.10 Å².